The second kappa shape index (κ2) is 7.38. The molecule has 0 spiro atoms. The van der Waals surface area contributed by atoms with Crippen LogP contribution in [0.3, 0.4) is 0 Å². The number of carbonyl (C=O) groups is 2. The first-order chi connectivity index (χ1) is 9.02. The maximum atomic E-state index is 11.6. The summed E-state index contributed by atoms with van der Waals surface area (Å²) in [6.07, 6.45) is 0.281. The van der Waals surface area contributed by atoms with Gasteiger partial charge in [-0.15, -0.1) is 0 Å². The Labute approximate surface area is 113 Å². The molecule has 0 aromatic heterocycles. The van der Waals surface area contributed by atoms with Gasteiger partial charge in [0.05, 0.1) is 0 Å². The molecule has 0 aliphatic rings. The predicted molar refractivity (Wildman–Crippen MR) is 74.7 cm³/mol. The number of nitrogens with one attached hydrogen (secondary N) is 2. The monoisotopic (exact) mass is 264 g/mol. The number of anilines is 1. The molecule has 0 saturated heterocycles. The Kier molecular flexibility index (Phi) is 5.81. The van der Waals surface area contributed by atoms with Crippen LogP contribution < -0.4 is 16.4 Å². The van der Waals surface area contributed by atoms with Crippen molar-refractivity contribution in [1.29, 1.82) is 0 Å². The summed E-state index contributed by atoms with van der Waals surface area (Å²) in [6, 6.07) is 6.97. The first-order valence-corrected chi connectivity index (χ1v) is 6.07. The van der Waals surface area contributed by atoms with Gasteiger partial charge in [0.1, 0.15) is 0 Å². The lowest BCUT2D eigenvalue weighted by molar-refractivity contribution is -0.128. The Hall–Kier alpha value is -2.08. The fourth-order valence-electron chi connectivity index (χ4n) is 1.46. The number of amides is 3. The van der Waals surface area contributed by atoms with Crippen molar-refractivity contribution < 1.29 is 9.59 Å². The molecule has 4 N–H and O–H groups in total. The lowest BCUT2D eigenvalue weighted by atomic mass is 10.2. The fourth-order valence-corrected chi connectivity index (χ4v) is 1.46. The first-order valence-electron chi connectivity index (χ1n) is 6.07. The Bertz CT molecular complexity index is 446. The van der Waals surface area contributed by atoms with E-state index in [1.54, 1.807) is 20.2 Å². The van der Waals surface area contributed by atoms with Crippen LogP contribution in [0.25, 0.3) is 0 Å². The van der Waals surface area contributed by atoms with Gasteiger partial charge in [0.25, 0.3) is 0 Å². The maximum absolute atomic E-state index is 11.6. The van der Waals surface area contributed by atoms with Gasteiger partial charge in [0.15, 0.2) is 0 Å². The van der Waals surface area contributed by atoms with E-state index in [0.717, 1.165) is 5.56 Å². The summed E-state index contributed by atoms with van der Waals surface area (Å²) in [5.41, 5.74) is 7.15. The van der Waals surface area contributed by atoms with Gasteiger partial charge in [-0.05, 0) is 17.7 Å². The molecule has 0 fully saturated rings. The summed E-state index contributed by atoms with van der Waals surface area (Å²) in [5.74, 6) is -0.0228. The summed E-state index contributed by atoms with van der Waals surface area (Å²) in [4.78, 5) is 24.4. The van der Waals surface area contributed by atoms with Gasteiger partial charge in [-0.25, -0.2) is 4.79 Å². The zero-order valence-corrected chi connectivity index (χ0v) is 11.3. The second-order valence-electron chi connectivity index (χ2n) is 4.32. The average Bonchev–Trinajstić information content (AvgIpc) is 2.38. The van der Waals surface area contributed by atoms with E-state index >= 15 is 0 Å². The Balaban J connectivity index is 2.36. The van der Waals surface area contributed by atoms with Gasteiger partial charge in [-0.1, -0.05) is 12.1 Å². The van der Waals surface area contributed by atoms with Crippen molar-refractivity contribution >= 4 is 17.6 Å². The molecule has 3 amide bonds. The summed E-state index contributed by atoms with van der Waals surface area (Å²) < 4.78 is 0. The SMILES string of the molecule is CN(C)C(=O)CCNC(=O)Nc1cccc(CN)c1. The van der Waals surface area contributed by atoms with Gasteiger partial charge in [0.2, 0.25) is 5.91 Å². The molecule has 1 aromatic carbocycles. The highest BCUT2D eigenvalue weighted by molar-refractivity contribution is 5.89. The van der Waals surface area contributed by atoms with Crippen molar-refractivity contribution in [3.63, 3.8) is 0 Å². The molecule has 1 aromatic rings. The minimum atomic E-state index is -0.333. The Morgan fingerprint density at radius 2 is 2.05 bits per heavy atom. The number of nitrogens with zero attached hydrogens (tertiary/aromatic N) is 1. The van der Waals surface area contributed by atoms with Crippen molar-refractivity contribution in [3.05, 3.63) is 29.8 Å². The third kappa shape index (κ3) is 5.39. The molecule has 19 heavy (non-hydrogen) atoms. The summed E-state index contributed by atoms with van der Waals surface area (Å²) in [6.45, 7) is 0.730. The highest BCUT2D eigenvalue weighted by atomic mass is 16.2. The summed E-state index contributed by atoms with van der Waals surface area (Å²) in [7, 11) is 3.36. The smallest absolute Gasteiger partial charge is 0.319 e. The minimum absolute atomic E-state index is 0.0228. The molecule has 6 heteroatoms. The predicted octanol–water partition coefficient (Wildman–Crippen LogP) is 0.745. The maximum Gasteiger partial charge on any atom is 0.319 e. The number of hydrogen-bond acceptors (Lipinski definition) is 3. The van der Waals surface area contributed by atoms with Crippen LogP contribution in [0.5, 0.6) is 0 Å². The number of rotatable bonds is 5. The van der Waals surface area contributed by atoms with Crippen molar-refractivity contribution in [2.45, 2.75) is 13.0 Å². The minimum Gasteiger partial charge on any atom is -0.349 e. The van der Waals surface area contributed by atoms with E-state index in [1.165, 1.54) is 4.90 Å². The van der Waals surface area contributed by atoms with Gasteiger partial charge in [-0.3, -0.25) is 4.79 Å². The lowest BCUT2D eigenvalue weighted by Crippen LogP contribution is -2.33. The number of urea groups is 1. The molecule has 0 saturated carbocycles. The van der Waals surface area contributed by atoms with E-state index < -0.39 is 0 Å². The largest absolute Gasteiger partial charge is 0.349 e. The standard InChI is InChI=1S/C13H20N4O2/c1-17(2)12(18)6-7-15-13(19)16-11-5-3-4-10(8-11)9-14/h3-5,8H,6-7,9,14H2,1-2H3,(H2,15,16,19). The van der Waals surface area contributed by atoms with Gasteiger partial charge < -0.3 is 21.3 Å². The number of nitrogens with two attached hydrogens (primary N) is 1. The zero-order chi connectivity index (χ0) is 14.3. The van der Waals surface area contributed by atoms with E-state index in [9.17, 15) is 9.59 Å². The van der Waals surface area contributed by atoms with Gasteiger partial charge >= 0.3 is 6.03 Å². The Morgan fingerprint density at radius 1 is 1.32 bits per heavy atom. The van der Waals surface area contributed by atoms with Crippen LogP contribution in [0, 0.1) is 0 Å². The fraction of sp³-hybridized carbons (Fsp3) is 0.385. The molecule has 0 aliphatic carbocycles. The highest BCUT2D eigenvalue weighted by Gasteiger charge is 2.05. The van der Waals surface area contributed by atoms with Crippen molar-refractivity contribution in [1.82, 2.24) is 10.2 Å². The van der Waals surface area contributed by atoms with Crippen molar-refractivity contribution in [2.24, 2.45) is 5.73 Å². The van der Waals surface area contributed by atoms with Gasteiger partial charge in [0, 0.05) is 39.3 Å². The molecule has 104 valence electrons. The van der Waals surface area contributed by atoms with Crippen LogP contribution >= 0.6 is 0 Å². The number of hydrogen-bond donors (Lipinski definition) is 3. The molecule has 6 nitrogen and oxygen atoms in total. The average molecular weight is 264 g/mol. The molecular formula is C13H20N4O2. The van der Waals surface area contributed by atoms with Crippen molar-refractivity contribution in [3.8, 4) is 0 Å². The van der Waals surface area contributed by atoms with Crippen LogP contribution in [-0.2, 0) is 11.3 Å². The molecule has 0 bridgehead atoms. The summed E-state index contributed by atoms with van der Waals surface area (Å²) in [5, 5.41) is 5.31. The van der Waals surface area contributed by atoms with Crippen LogP contribution in [-0.4, -0.2) is 37.5 Å². The van der Waals surface area contributed by atoms with Crippen LogP contribution in [0.2, 0.25) is 0 Å². The molecule has 1 rings (SSSR count). The van der Waals surface area contributed by atoms with E-state index in [0.29, 0.717) is 18.8 Å². The van der Waals surface area contributed by atoms with Crippen molar-refractivity contribution in [2.75, 3.05) is 26.0 Å². The second-order valence-corrected chi connectivity index (χ2v) is 4.32. The normalized spacial score (nSPS) is 9.84. The van der Waals surface area contributed by atoms with Crippen LogP contribution in [0.4, 0.5) is 10.5 Å². The van der Waals surface area contributed by atoms with Gasteiger partial charge in [-0.2, -0.15) is 0 Å². The third-order valence-electron chi connectivity index (χ3n) is 2.54. The molecule has 0 radical (unpaired) electrons. The molecule has 0 aliphatic heterocycles. The quantitative estimate of drug-likeness (QED) is 0.733. The van der Waals surface area contributed by atoms with E-state index in [1.807, 2.05) is 18.2 Å². The van der Waals surface area contributed by atoms with E-state index in [2.05, 4.69) is 10.6 Å². The van der Waals surface area contributed by atoms with Crippen LogP contribution in [0.15, 0.2) is 24.3 Å². The molecule has 0 atom stereocenters. The molecule has 0 heterocycles. The van der Waals surface area contributed by atoms with Crippen LogP contribution in [0.1, 0.15) is 12.0 Å². The zero-order valence-electron chi connectivity index (χ0n) is 11.3. The topological polar surface area (TPSA) is 87.5 Å². The molecule has 0 unspecified atom stereocenters. The third-order valence-corrected chi connectivity index (χ3v) is 2.54. The number of benzene rings is 1. The highest BCUT2D eigenvalue weighted by Crippen LogP contribution is 2.09. The lowest BCUT2D eigenvalue weighted by Gasteiger charge is -2.11. The first kappa shape index (κ1) is 15.0. The summed E-state index contributed by atoms with van der Waals surface area (Å²) >= 11 is 0. The number of carbonyl (C=O) groups excluding carboxylic acids is 2. The van der Waals surface area contributed by atoms with E-state index in [4.69, 9.17) is 5.73 Å². The molecular weight excluding hydrogens is 244 g/mol. The van der Waals surface area contributed by atoms with E-state index in [-0.39, 0.29) is 18.4 Å². The Morgan fingerprint density at radius 3 is 2.68 bits per heavy atom.